The summed E-state index contributed by atoms with van der Waals surface area (Å²) < 4.78 is 11.3. The van der Waals surface area contributed by atoms with Crippen LogP contribution in [0.2, 0.25) is 0 Å². The Morgan fingerprint density at radius 1 is 1.17 bits per heavy atom. The van der Waals surface area contributed by atoms with E-state index in [0.717, 1.165) is 37.6 Å². The summed E-state index contributed by atoms with van der Waals surface area (Å²) in [6.07, 6.45) is 0.635. The fraction of sp³-hybridized carbons (Fsp3) is 0.458. The fourth-order valence-corrected chi connectivity index (χ4v) is 3.48. The van der Waals surface area contributed by atoms with Crippen LogP contribution in [-0.2, 0) is 22.6 Å². The molecular weight excluding hydrogens is 364 g/mol. The lowest BCUT2D eigenvalue weighted by atomic mass is 10.1. The largest absolute Gasteiger partial charge is 0.493 e. The molecule has 156 valence electrons. The van der Waals surface area contributed by atoms with Gasteiger partial charge < -0.3 is 14.8 Å². The third kappa shape index (κ3) is 6.87. The van der Waals surface area contributed by atoms with Crippen LogP contribution in [0.3, 0.4) is 0 Å². The van der Waals surface area contributed by atoms with E-state index in [1.807, 2.05) is 18.2 Å². The first kappa shape index (κ1) is 21.3. The van der Waals surface area contributed by atoms with Gasteiger partial charge in [0.05, 0.1) is 25.7 Å². The predicted octanol–water partition coefficient (Wildman–Crippen LogP) is 3.61. The molecule has 2 aromatic rings. The average Bonchev–Trinajstić information content (AvgIpc) is 2.69. The maximum Gasteiger partial charge on any atom is 0.223 e. The lowest BCUT2D eigenvalue weighted by Gasteiger charge is -2.31. The van der Waals surface area contributed by atoms with E-state index in [0.29, 0.717) is 19.6 Å². The van der Waals surface area contributed by atoms with Gasteiger partial charge in [0.25, 0.3) is 0 Å². The minimum Gasteiger partial charge on any atom is -0.493 e. The van der Waals surface area contributed by atoms with E-state index in [4.69, 9.17) is 9.47 Å². The molecule has 2 aromatic carbocycles. The number of hydrogen-bond acceptors (Lipinski definition) is 4. The molecule has 1 saturated heterocycles. The number of hydrogen-bond donors (Lipinski definition) is 1. The molecule has 29 heavy (non-hydrogen) atoms. The standard InChI is InChI=1S/C24H32N2O3/c1-18-7-8-23(13-19(18)2)29-11-9-24(27)25-15-21-5-4-6-22(14-21)17-26-10-12-28-20(3)16-26/h4-8,13-14,20H,9-12,15-17H2,1-3H3,(H,25,27). The summed E-state index contributed by atoms with van der Waals surface area (Å²) in [5.41, 5.74) is 4.81. The smallest absolute Gasteiger partial charge is 0.223 e. The van der Waals surface area contributed by atoms with Crippen LogP contribution in [0.25, 0.3) is 0 Å². The lowest BCUT2D eigenvalue weighted by Crippen LogP contribution is -2.40. The van der Waals surface area contributed by atoms with Gasteiger partial charge in [0, 0.05) is 26.2 Å². The van der Waals surface area contributed by atoms with E-state index in [1.165, 1.54) is 16.7 Å². The molecule has 1 fully saturated rings. The summed E-state index contributed by atoms with van der Waals surface area (Å²) in [4.78, 5) is 14.6. The molecule has 0 aromatic heterocycles. The Labute approximate surface area is 174 Å². The molecule has 1 unspecified atom stereocenters. The van der Waals surface area contributed by atoms with Gasteiger partial charge in [-0.3, -0.25) is 9.69 Å². The molecule has 1 atom stereocenters. The molecule has 0 bridgehead atoms. The molecule has 3 rings (SSSR count). The van der Waals surface area contributed by atoms with Crippen LogP contribution in [0.15, 0.2) is 42.5 Å². The van der Waals surface area contributed by atoms with Gasteiger partial charge in [0.1, 0.15) is 5.75 Å². The number of nitrogens with one attached hydrogen (secondary N) is 1. The first-order valence-electron chi connectivity index (χ1n) is 10.4. The topological polar surface area (TPSA) is 50.8 Å². The van der Waals surface area contributed by atoms with E-state index >= 15 is 0 Å². The van der Waals surface area contributed by atoms with Crippen LogP contribution in [0.1, 0.15) is 35.6 Å². The average molecular weight is 397 g/mol. The third-order valence-electron chi connectivity index (χ3n) is 5.29. The van der Waals surface area contributed by atoms with E-state index < -0.39 is 0 Å². The number of carbonyl (C=O) groups is 1. The molecule has 0 aliphatic carbocycles. The highest BCUT2D eigenvalue weighted by Crippen LogP contribution is 2.16. The van der Waals surface area contributed by atoms with E-state index in [1.54, 1.807) is 0 Å². The molecule has 1 aliphatic heterocycles. The zero-order valence-electron chi connectivity index (χ0n) is 17.7. The molecule has 0 spiro atoms. The summed E-state index contributed by atoms with van der Waals surface area (Å²) in [6.45, 7) is 10.8. The Kier molecular flexibility index (Phi) is 7.67. The van der Waals surface area contributed by atoms with Crippen molar-refractivity contribution < 1.29 is 14.3 Å². The molecule has 5 nitrogen and oxygen atoms in total. The summed E-state index contributed by atoms with van der Waals surface area (Å²) >= 11 is 0. The Morgan fingerprint density at radius 2 is 2.00 bits per heavy atom. The number of carbonyl (C=O) groups excluding carboxylic acids is 1. The normalized spacial score (nSPS) is 17.1. The molecule has 1 aliphatic rings. The summed E-state index contributed by atoms with van der Waals surface area (Å²) in [5, 5.41) is 2.99. The number of morpholine rings is 1. The molecule has 5 heteroatoms. The van der Waals surface area contributed by atoms with Crippen LogP contribution < -0.4 is 10.1 Å². The predicted molar refractivity (Wildman–Crippen MR) is 115 cm³/mol. The Hall–Kier alpha value is -2.37. The zero-order valence-corrected chi connectivity index (χ0v) is 17.7. The van der Waals surface area contributed by atoms with Crippen molar-refractivity contribution in [1.29, 1.82) is 0 Å². The van der Waals surface area contributed by atoms with Gasteiger partial charge in [0.2, 0.25) is 5.91 Å². The zero-order chi connectivity index (χ0) is 20.6. The highest BCUT2D eigenvalue weighted by atomic mass is 16.5. The van der Waals surface area contributed by atoms with E-state index in [-0.39, 0.29) is 12.0 Å². The van der Waals surface area contributed by atoms with Crippen LogP contribution >= 0.6 is 0 Å². The number of rotatable bonds is 8. The van der Waals surface area contributed by atoms with Crippen LogP contribution in [0, 0.1) is 13.8 Å². The lowest BCUT2D eigenvalue weighted by molar-refractivity contribution is -0.121. The van der Waals surface area contributed by atoms with Crippen molar-refractivity contribution in [2.45, 2.75) is 46.4 Å². The van der Waals surface area contributed by atoms with Gasteiger partial charge in [-0.15, -0.1) is 0 Å². The second kappa shape index (κ2) is 10.4. The number of aryl methyl sites for hydroxylation is 2. The van der Waals surface area contributed by atoms with Crippen LogP contribution in [-0.4, -0.2) is 43.2 Å². The SMILES string of the molecule is Cc1ccc(OCCC(=O)NCc2cccc(CN3CCOC(C)C3)c2)cc1C. The van der Waals surface area contributed by atoms with Crippen molar-refractivity contribution >= 4 is 5.91 Å². The van der Waals surface area contributed by atoms with Crippen molar-refractivity contribution in [2.24, 2.45) is 0 Å². The van der Waals surface area contributed by atoms with Gasteiger partial charge in [-0.25, -0.2) is 0 Å². The third-order valence-corrected chi connectivity index (χ3v) is 5.29. The van der Waals surface area contributed by atoms with Crippen molar-refractivity contribution in [3.8, 4) is 5.75 Å². The van der Waals surface area contributed by atoms with Gasteiger partial charge in [0.15, 0.2) is 0 Å². The molecule has 0 radical (unpaired) electrons. The second-order valence-electron chi connectivity index (χ2n) is 7.86. The Morgan fingerprint density at radius 3 is 2.79 bits per heavy atom. The molecule has 1 heterocycles. The molecule has 0 saturated carbocycles. The van der Waals surface area contributed by atoms with Crippen molar-refractivity contribution in [2.75, 3.05) is 26.3 Å². The van der Waals surface area contributed by atoms with Crippen molar-refractivity contribution in [3.05, 3.63) is 64.7 Å². The number of benzene rings is 2. The Balaban J connectivity index is 1.41. The molecular formula is C24H32N2O3. The number of nitrogens with zero attached hydrogens (tertiary/aromatic N) is 1. The summed E-state index contributed by atoms with van der Waals surface area (Å²) in [6, 6.07) is 14.4. The number of ether oxygens (including phenoxy) is 2. The minimum absolute atomic E-state index is 0.00115. The monoisotopic (exact) mass is 396 g/mol. The Bertz CT molecular complexity index is 822. The van der Waals surface area contributed by atoms with Gasteiger partial charge in [-0.2, -0.15) is 0 Å². The minimum atomic E-state index is 0.00115. The maximum absolute atomic E-state index is 12.2. The van der Waals surface area contributed by atoms with Crippen molar-refractivity contribution in [3.63, 3.8) is 0 Å². The van der Waals surface area contributed by atoms with Crippen molar-refractivity contribution in [1.82, 2.24) is 10.2 Å². The highest BCUT2D eigenvalue weighted by Gasteiger charge is 2.16. The maximum atomic E-state index is 12.2. The number of amides is 1. The van der Waals surface area contributed by atoms with Gasteiger partial charge >= 0.3 is 0 Å². The van der Waals surface area contributed by atoms with Gasteiger partial charge in [-0.05, 0) is 55.2 Å². The first-order valence-corrected chi connectivity index (χ1v) is 10.4. The first-order chi connectivity index (χ1) is 14.0. The van der Waals surface area contributed by atoms with Crippen LogP contribution in [0.5, 0.6) is 5.75 Å². The van der Waals surface area contributed by atoms with Gasteiger partial charge in [-0.1, -0.05) is 30.3 Å². The summed E-state index contributed by atoms with van der Waals surface area (Å²) in [7, 11) is 0. The molecule has 1 N–H and O–H groups in total. The van der Waals surface area contributed by atoms with E-state index in [2.05, 4.69) is 55.3 Å². The summed E-state index contributed by atoms with van der Waals surface area (Å²) in [5.74, 6) is 0.812. The second-order valence-corrected chi connectivity index (χ2v) is 7.86. The quantitative estimate of drug-likeness (QED) is 0.741. The van der Waals surface area contributed by atoms with Crippen LogP contribution in [0.4, 0.5) is 0 Å². The molecule has 1 amide bonds. The van der Waals surface area contributed by atoms with E-state index in [9.17, 15) is 4.79 Å². The highest BCUT2D eigenvalue weighted by molar-refractivity contribution is 5.76. The fourth-order valence-electron chi connectivity index (χ4n) is 3.48.